The van der Waals surface area contributed by atoms with Gasteiger partial charge in [0.15, 0.2) is 5.54 Å². The summed E-state index contributed by atoms with van der Waals surface area (Å²) in [6, 6.07) is 3.86. The average molecular weight is 333 g/mol. The van der Waals surface area contributed by atoms with Gasteiger partial charge in [-0.15, -0.1) is 4.72 Å². The highest BCUT2D eigenvalue weighted by atomic mass is 79.9. The van der Waals surface area contributed by atoms with Crippen LogP contribution in [0.25, 0.3) is 0 Å². The molecule has 0 saturated carbocycles. The molecule has 0 spiro atoms. The lowest BCUT2D eigenvalue weighted by Crippen LogP contribution is -2.62. The molecule has 0 aliphatic carbocycles. The highest BCUT2D eigenvalue weighted by Gasteiger charge is 2.47. The maximum atomic E-state index is 12.2. The number of pyridine rings is 1. The minimum absolute atomic E-state index is 0.308. The zero-order valence-corrected chi connectivity index (χ0v) is 13.1. The first-order valence-electron chi connectivity index (χ1n) is 5.73. The van der Waals surface area contributed by atoms with Crippen molar-refractivity contribution in [2.24, 2.45) is 0 Å². The fraction of sp³-hybridized carbons (Fsp3) is 0.583. The van der Waals surface area contributed by atoms with E-state index in [9.17, 15) is 4.55 Å². The molecule has 1 saturated heterocycles. The van der Waals surface area contributed by atoms with E-state index in [-0.39, 0.29) is 4.75 Å². The summed E-state index contributed by atoms with van der Waals surface area (Å²) in [6.45, 7) is 6.84. The number of rotatable bonds is 3. The van der Waals surface area contributed by atoms with Gasteiger partial charge in [-0.25, -0.2) is 0 Å². The topological polar surface area (TPSA) is 57.2 Å². The Hall–Kier alpha value is -0.140. The third-order valence-electron chi connectivity index (χ3n) is 2.76. The Balaban J connectivity index is 2.18. The van der Waals surface area contributed by atoms with Crippen molar-refractivity contribution < 1.29 is 9.29 Å². The van der Waals surface area contributed by atoms with Crippen molar-refractivity contribution in [2.75, 3.05) is 13.2 Å². The van der Waals surface area contributed by atoms with E-state index in [1.165, 1.54) is 0 Å². The fourth-order valence-electron chi connectivity index (χ4n) is 1.55. The minimum atomic E-state index is -1.14. The monoisotopic (exact) mass is 332 g/mol. The van der Waals surface area contributed by atoms with Gasteiger partial charge in [0.1, 0.15) is 4.75 Å². The van der Waals surface area contributed by atoms with Crippen LogP contribution in [-0.2, 0) is 21.6 Å². The van der Waals surface area contributed by atoms with Gasteiger partial charge in [0.25, 0.3) is 0 Å². The number of hydrogen-bond donors (Lipinski definition) is 1. The summed E-state index contributed by atoms with van der Waals surface area (Å²) in [5.41, 5.74) is 0.452. The van der Waals surface area contributed by atoms with E-state index in [1.807, 2.05) is 32.9 Å². The summed E-state index contributed by atoms with van der Waals surface area (Å²) >= 11 is 2.22. The summed E-state index contributed by atoms with van der Waals surface area (Å²) in [5.74, 6) is 0. The second-order valence-electron chi connectivity index (χ2n) is 5.42. The second-order valence-corrected chi connectivity index (χ2v) is 8.30. The molecule has 0 bridgehead atoms. The van der Waals surface area contributed by atoms with Crippen LogP contribution in [0.5, 0.6) is 0 Å². The molecule has 0 aromatic carbocycles. The van der Waals surface area contributed by atoms with Crippen molar-refractivity contribution in [1.29, 1.82) is 0 Å². The highest BCUT2D eigenvalue weighted by molar-refractivity contribution is 9.10. The van der Waals surface area contributed by atoms with Crippen LogP contribution in [-0.4, -0.2) is 27.5 Å². The summed E-state index contributed by atoms with van der Waals surface area (Å²) in [4.78, 5) is 4.38. The van der Waals surface area contributed by atoms with E-state index in [2.05, 4.69) is 25.6 Å². The third kappa shape index (κ3) is 2.88. The molecule has 0 amide bonds. The summed E-state index contributed by atoms with van der Waals surface area (Å²) in [7, 11) is 0. The van der Waals surface area contributed by atoms with Crippen LogP contribution in [0.4, 0.5) is 0 Å². The minimum Gasteiger partial charge on any atom is -0.598 e. The number of nitrogens with one attached hydrogen (secondary N) is 1. The highest BCUT2D eigenvalue weighted by Crippen LogP contribution is 2.31. The van der Waals surface area contributed by atoms with Crippen LogP contribution in [0, 0.1) is 0 Å². The Labute approximate surface area is 119 Å². The van der Waals surface area contributed by atoms with Crippen molar-refractivity contribution in [2.45, 2.75) is 31.1 Å². The molecule has 1 aliphatic rings. The second kappa shape index (κ2) is 5.09. The largest absolute Gasteiger partial charge is 0.598 e. The van der Waals surface area contributed by atoms with Crippen LogP contribution in [0.15, 0.2) is 22.8 Å². The SMILES string of the molecule is CC(C)(C)[S+]([O-])NC1(c2ccc(Br)cn2)COC1. The number of halogens is 1. The Kier molecular flexibility index (Phi) is 4.04. The molecule has 18 heavy (non-hydrogen) atoms. The van der Waals surface area contributed by atoms with Crippen molar-refractivity contribution >= 4 is 27.3 Å². The summed E-state index contributed by atoms with van der Waals surface area (Å²) in [6.07, 6.45) is 1.75. The van der Waals surface area contributed by atoms with Crippen LogP contribution < -0.4 is 4.72 Å². The number of hydrogen-bond acceptors (Lipinski definition) is 4. The van der Waals surface area contributed by atoms with Gasteiger partial charge in [-0.3, -0.25) is 4.98 Å². The maximum absolute atomic E-state index is 12.2. The van der Waals surface area contributed by atoms with Gasteiger partial charge >= 0.3 is 0 Å². The Morgan fingerprint density at radius 2 is 2.11 bits per heavy atom. The van der Waals surface area contributed by atoms with Gasteiger partial charge in [0.05, 0.1) is 18.9 Å². The molecular formula is C12H17BrN2O2S. The predicted octanol–water partition coefficient (Wildman–Crippen LogP) is 2.12. The molecule has 1 aromatic rings. The van der Waals surface area contributed by atoms with E-state index < -0.39 is 16.9 Å². The van der Waals surface area contributed by atoms with Gasteiger partial charge in [0.2, 0.25) is 0 Å². The van der Waals surface area contributed by atoms with Crippen LogP contribution in [0.3, 0.4) is 0 Å². The van der Waals surface area contributed by atoms with Gasteiger partial charge in [-0.1, -0.05) is 0 Å². The van der Waals surface area contributed by atoms with Gasteiger partial charge in [-0.2, -0.15) is 0 Å². The lowest BCUT2D eigenvalue weighted by molar-refractivity contribution is -0.0688. The lowest BCUT2D eigenvalue weighted by Gasteiger charge is -2.42. The van der Waals surface area contributed by atoms with E-state index >= 15 is 0 Å². The number of ether oxygens (including phenoxy) is 1. The molecule has 1 unspecified atom stereocenters. The van der Waals surface area contributed by atoms with Crippen LogP contribution >= 0.6 is 15.9 Å². The van der Waals surface area contributed by atoms with Crippen molar-refractivity contribution in [1.82, 2.24) is 9.71 Å². The summed E-state index contributed by atoms with van der Waals surface area (Å²) < 4.78 is 21.3. The van der Waals surface area contributed by atoms with Gasteiger partial charge in [0, 0.05) is 22.0 Å². The van der Waals surface area contributed by atoms with Crippen LogP contribution in [0.1, 0.15) is 26.5 Å². The normalized spacial score (nSPS) is 20.3. The zero-order valence-electron chi connectivity index (χ0n) is 10.7. The van der Waals surface area contributed by atoms with Gasteiger partial charge in [-0.05, 0) is 48.8 Å². The third-order valence-corrected chi connectivity index (χ3v) is 4.92. The molecule has 100 valence electrons. The molecule has 2 heterocycles. The smallest absolute Gasteiger partial charge is 0.151 e. The lowest BCUT2D eigenvalue weighted by atomic mass is 9.94. The van der Waals surface area contributed by atoms with E-state index in [0.29, 0.717) is 13.2 Å². The maximum Gasteiger partial charge on any atom is 0.151 e. The molecule has 1 N–H and O–H groups in total. The van der Waals surface area contributed by atoms with Crippen molar-refractivity contribution in [3.05, 3.63) is 28.5 Å². The first kappa shape index (κ1) is 14.3. The molecule has 1 aliphatic heterocycles. The molecule has 0 radical (unpaired) electrons. The molecule has 1 atom stereocenters. The fourth-order valence-corrected chi connectivity index (χ4v) is 2.67. The van der Waals surface area contributed by atoms with Crippen LogP contribution in [0.2, 0.25) is 0 Å². The Morgan fingerprint density at radius 1 is 1.44 bits per heavy atom. The average Bonchev–Trinajstić information content (AvgIpc) is 2.23. The first-order chi connectivity index (χ1) is 8.33. The Bertz CT molecular complexity index is 415. The van der Waals surface area contributed by atoms with E-state index in [1.54, 1.807) is 6.20 Å². The van der Waals surface area contributed by atoms with Crippen molar-refractivity contribution in [3.8, 4) is 0 Å². The summed E-state index contributed by atoms with van der Waals surface area (Å²) in [5, 5.41) is 0. The number of nitrogens with zero attached hydrogens (tertiary/aromatic N) is 1. The van der Waals surface area contributed by atoms with E-state index in [0.717, 1.165) is 10.2 Å². The van der Waals surface area contributed by atoms with Gasteiger partial charge < -0.3 is 9.29 Å². The van der Waals surface area contributed by atoms with Crippen molar-refractivity contribution in [3.63, 3.8) is 0 Å². The molecule has 2 rings (SSSR count). The number of aromatic nitrogens is 1. The molecule has 1 aromatic heterocycles. The molecule has 6 heteroatoms. The quantitative estimate of drug-likeness (QED) is 0.861. The molecule has 4 nitrogen and oxygen atoms in total. The first-order valence-corrected chi connectivity index (χ1v) is 7.67. The molecular weight excluding hydrogens is 316 g/mol. The molecule has 1 fully saturated rings. The predicted molar refractivity (Wildman–Crippen MR) is 75.5 cm³/mol. The zero-order chi connectivity index (χ0) is 13.4. The standard InChI is InChI=1S/C12H17BrN2O2S/c1-11(2,3)18(16)15-12(7-17-8-12)10-5-4-9(13)6-14-10/h4-6,15H,7-8H2,1-3H3. The van der Waals surface area contributed by atoms with E-state index in [4.69, 9.17) is 4.74 Å². The Morgan fingerprint density at radius 3 is 2.50 bits per heavy atom.